The molecule has 8 nitrogen and oxygen atoms in total. The van der Waals surface area contributed by atoms with Crippen LogP contribution >= 0.6 is 0 Å². The molecular weight excluding hydrogens is 400 g/mol. The van der Waals surface area contributed by atoms with Crippen molar-refractivity contribution >= 4 is 12.4 Å². The van der Waals surface area contributed by atoms with Crippen LogP contribution < -0.4 is 0 Å². The van der Waals surface area contributed by atoms with E-state index in [-0.39, 0.29) is 11.1 Å². The highest BCUT2D eigenvalue weighted by Gasteiger charge is 2.50. The zero-order chi connectivity index (χ0) is 22.0. The van der Waals surface area contributed by atoms with Crippen LogP contribution in [0.5, 0.6) is 0 Å². The predicted molar refractivity (Wildman–Crippen MR) is 127 cm³/mol. The number of rotatable bonds is 6. The molecule has 3 aliphatic heterocycles. The van der Waals surface area contributed by atoms with Crippen LogP contribution in [0.1, 0.15) is 78.1 Å². The fourth-order valence-corrected chi connectivity index (χ4v) is 7.16. The number of hydrogen-bond acceptors (Lipinski definition) is 8. The Morgan fingerprint density at radius 2 is 1.00 bits per heavy atom. The van der Waals surface area contributed by atoms with Crippen molar-refractivity contribution in [2.45, 2.75) is 101 Å². The second-order valence-electron chi connectivity index (χ2n) is 10.7. The fourth-order valence-electron chi connectivity index (χ4n) is 7.16. The molecule has 4 unspecified atom stereocenters. The molecule has 176 valence electrons. The van der Waals surface area contributed by atoms with Crippen LogP contribution in [0.2, 0.25) is 0 Å². The minimum atomic E-state index is -0.232. The molecule has 0 aromatic carbocycles. The van der Waals surface area contributed by atoms with Crippen LogP contribution in [-0.4, -0.2) is 71.6 Å². The molecule has 3 heterocycles. The first-order chi connectivity index (χ1) is 15.7. The van der Waals surface area contributed by atoms with Crippen LogP contribution in [0.25, 0.3) is 0 Å². The van der Waals surface area contributed by atoms with Gasteiger partial charge >= 0.3 is 0 Å². The topological polar surface area (TPSA) is 80.6 Å². The Morgan fingerprint density at radius 1 is 0.625 bits per heavy atom. The van der Waals surface area contributed by atoms with Gasteiger partial charge in [-0.15, -0.1) is 10.2 Å². The summed E-state index contributed by atoms with van der Waals surface area (Å²) < 4.78 is 0. The lowest BCUT2D eigenvalue weighted by Gasteiger charge is -2.49. The van der Waals surface area contributed by atoms with E-state index in [9.17, 15) is 0 Å². The van der Waals surface area contributed by atoms with E-state index in [1.54, 1.807) is 0 Å². The summed E-state index contributed by atoms with van der Waals surface area (Å²) in [7, 11) is 0. The van der Waals surface area contributed by atoms with Crippen molar-refractivity contribution in [2.24, 2.45) is 42.7 Å². The van der Waals surface area contributed by atoms with Gasteiger partial charge in [0, 0.05) is 38.3 Å². The lowest BCUT2D eigenvalue weighted by atomic mass is 9.71. The molecule has 0 N–H and O–H groups in total. The van der Waals surface area contributed by atoms with E-state index >= 15 is 0 Å². The first kappa shape index (κ1) is 22.3. The molecule has 0 bridgehead atoms. The van der Waals surface area contributed by atoms with Gasteiger partial charge in [0.25, 0.3) is 0 Å². The summed E-state index contributed by atoms with van der Waals surface area (Å²) in [6.07, 6.45) is 17.1. The molecule has 1 saturated heterocycles. The summed E-state index contributed by atoms with van der Waals surface area (Å²) in [5.74, 6) is 1.14. The Bertz CT molecular complexity index is 666. The highest BCUT2D eigenvalue weighted by Crippen LogP contribution is 2.42. The second kappa shape index (κ2) is 9.37. The van der Waals surface area contributed by atoms with E-state index in [4.69, 9.17) is 10.2 Å². The lowest BCUT2D eigenvalue weighted by molar-refractivity contribution is 0.0285. The molecular formula is C24H40N8. The van der Waals surface area contributed by atoms with Crippen LogP contribution in [0, 0.1) is 11.8 Å². The second-order valence-corrected chi connectivity index (χ2v) is 10.7. The largest absolute Gasteiger partial charge is 0.295 e. The Labute approximate surface area is 192 Å². The normalized spacial score (nSPS) is 36.8. The van der Waals surface area contributed by atoms with Gasteiger partial charge in [0.05, 0.1) is 12.4 Å². The average Bonchev–Trinajstić information content (AvgIpc) is 3.56. The Morgan fingerprint density at radius 3 is 1.31 bits per heavy atom. The molecule has 4 atom stereocenters. The van der Waals surface area contributed by atoms with Crippen LogP contribution in [0.3, 0.4) is 0 Å². The molecule has 2 saturated carbocycles. The maximum absolute atomic E-state index is 4.76. The molecule has 0 aromatic rings. The van der Waals surface area contributed by atoms with Crippen molar-refractivity contribution in [3.8, 4) is 0 Å². The van der Waals surface area contributed by atoms with Crippen molar-refractivity contribution in [3.63, 3.8) is 0 Å². The molecule has 5 aliphatic rings. The molecule has 0 radical (unpaired) electrons. The van der Waals surface area contributed by atoms with E-state index in [2.05, 4.69) is 56.7 Å². The van der Waals surface area contributed by atoms with Gasteiger partial charge in [-0.05, 0) is 61.8 Å². The first-order valence-corrected chi connectivity index (χ1v) is 13.1. The van der Waals surface area contributed by atoms with Gasteiger partial charge < -0.3 is 0 Å². The summed E-state index contributed by atoms with van der Waals surface area (Å²) in [6, 6.07) is 0.663. The minimum Gasteiger partial charge on any atom is -0.295 e. The summed E-state index contributed by atoms with van der Waals surface area (Å²) in [5, 5.41) is 26.2. The summed E-state index contributed by atoms with van der Waals surface area (Å²) in [6.45, 7) is 8.92. The minimum absolute atomic E-state index is 0.232. The van der Waals surface area contributed by atoms with Crippen LogP contribution in [0.15, 0.2) is 30.9 Å². The standard InChI is InChI=1S/C24H40N8/c1-19(23(17-25-29-27-23)21-9-5-3-6-10-21)31-13-15-32(16-14-31)20(2)24(18-26-30-28-24)22-11-7-4-8-12-22/h17-22H,3-16H2,1-2H3. The third kappa shape index (κ3) is 3.87. The molecule has 0 amide bonds. The smallest absolute Gasteiger partial charge is 0.138 e. The van der Waals surface area contributed by atoms with Crippen molar-refractivity contribution < 1.29 is 0 Å². The van der Waals surface area contributed by atoms with Gasteiger partial charge in [-0.25, -0.2) is 0 Å². The van der Waals surface area contributed by atoms with E-state index in [1.165, 1.54) is 64.2 Å². The van der Waals surface area contributed by atoms with Crippen molar-refractivity contribution in [1.82, 2.24) is 9.80 Å². The van der Waals surface area contributed by atoms with Crippen LogP contribution in [-0.2, 0) is 0 Å². The molecule has 2 aliphatic carbocycles. The summed E-state index contributed by atoms with van der Waals surface area (Å²) in [4.78, 5) is 5.26. The summed E-state index contributed by atoms with van der Waals surface area (Å²) >= 11 is 0. The highest BCUT2D eigenvalue weighted by atomic mass is 15.5. The maximum Gasteiger partial charge on any atom is 0.138 e. The molecule has 0 spiro atoms. The Kier molecular flexibility index (Phi) is 6.52. The van der Waals surface area contributed by atoms with Gasteiger partial charge in [0.2, 0.25) is 0 Å². The van der Waals surface area contributed by atoms with Gasteiger partial charge in [0.1, 0.15) is 11.1 Å². The zero-order valence-corrected chi connectivity index (χ0v) is 19.9. The van der Waals surface area contributed by atoms with Gasteiger partial charge in [-0.3, -0.25) is 9.80 Å². The maximum atomic E-state index is 4.76. The lowest BCUT2D eigenvalue weighted by Crippen LogP contribution is -2.63. The molecule has 3 fully saturated rings. The van der Waals surface area contributed by atoms with E-state index < -0.39 is 0 Å². The van der Waals surface area contributed by atoms with Crippen molar-refractivity contribution in [1.29, 1.82) is 0 Å². The highest BCUT2D eigenvalue weighted by molar-refractivity contribution is 5.74. The third-order valence-corrected chi connectivity index (χ3v) is 9.37. The number of hydrogen-bond donors (Lipinski definition) is 0. The SMILES string of the molecule is CC(N1CCN(C(C)C2(C3CCCCC3)C=NN=N2)CC1)C1(C2CCCCC2)C=NN=N1. The quantitative estimate of drug-likeness (QED) is 0.587. The van der Waals surface area contributed by atoms with Crippen molar-refractivity contribution in [2.75, 3.05) is 26.2 Å². The van der Waals surface area contributed by atoms with Crippen LogP contribution in [0.4, 0.5) is 0 Å². The third-order valence-electron chi connectivity index (χ3n) is 9.37. The first-order valence-electron chi connectivity index (χ1n) is 13.1. The number of nitrogens with zero attached hydrogens (tertiary/aromatic N) is 8. The zero-order valence-electron chi connectivity index (χ0n) is 19.9. The molecule has 5 rings (SSSR count). The van der Waals surface area contributed by atoms with Gasteiger partial charge in [0.15, 0.2) is 0 Å². The van der Waals surface area contributed by atoms with E-state index in [1.807, 2.05) is 0 Å². The molecule has 32 heavy (non-hydrogen) atoms. The van der Waals surface area contributed by atoms with E-state index in [0.29, 0.717) is 23.9 Å². The monoisotopic (exact) mass is 440 g/mol. The van der Waals surface area contributed by atoms with E-state index in [0.717, 1.165) is 26.2 Å². The Balaban J connectivity index is 1.25. The van der Waals surface area contributed by atoms with Crippen molar-refractivity contribution in [3.05, 3.63) is 0 Å². The average molecular weight is 441 g/mol. The molecule has 8 heteroatoms. The van der Waals surface area contributed by atoms with Gasteiger partial charge in [-0.2, -0.15) is 10.2 Å². The predicted octanol–water partition coefficient (Wildman–Crippen LogP) is 4.92. The molecule has 0 aromatic heterocycles. The number of piperazine rings is 1. The summed E-state index contributed by atoms with van der Waals surface area (Å²) in [5.41, 5.74) is -0.465. The Hall–Kier alpha value is -1.54. The van der Waals surface area contributed by atoms with Gasteiger partial charge in [-0.1, -0.05) is 38.5 Å². The fraction of sp³-hybridized carbons (Fsp3) is 0.917.